The highest BCUT2D eigenvalue weighted by atomic mass is 32.1. The molecule has 10 heteroatoms. The fourth-order valence-corrected chi connectivity index (χ4v) is 0.553. The van der Waals surface area contributed by atoms with Crippen molar-refractivity contribution >= 4 is 20.8 Å². The maximum absolute atomic E-state index is 12.0. The van der Waals surface area contributed by atoms with Crippen LogP contribution in [-0.2, 0) is 18.2 Å². The van der Waals surface area contributed by atoms with Gasteiger partial charge < -0.3 is 22.0 Å². The van der Waals surface area contributed by atoms with Gasteiger partial charge in [-0.15, -0.1) is 9.60 Å². The molecule has 0 aromatic heterocycles. The summed E-state index contributed by atoms with van der Waals surface area (Å²) in [7, 11) is -6.00. The summed E-state index contributed by atoms with van der Waals surface area (Å²) in [5.74, 6) is 0. The predicted molar refractivity (Wildman–Crippen MR) is 45.3 cm³/mol. The maximum Gasteiger partial charge on any atom is 0.673 e. The van der Waals surface area contributed by atoms with Gasteiger partial charge in [-0.2, -0.15) is 0 Å². The summed E-state index contributed by atoms with van der Waals surface area (Å²) in [6.45, 7) is 0.189. The molecule has 0 aromatic rings. The molecule has 0 amide bonds. The van der Waals surface area contributed by atoms with Gasteiger partial charge in [0.25, 0.3) is 0 Å². The van der Waals surface area contributed by atoms with E-state index < -0.39 is 13.6 Å². The average Bonchev–Trinajstić information content (AvgIpc) is 1.92. The van der Waals surface area contributed by atoms with Crippen LogP contribution in [0.1, 0.15) is 0 Å². The van der Waals surface area contributed by atoms with Gasteiger partial charge in [-0.1, -0.05) is 13.5 Å². The van der Waals surface area contributed by atoms with Gasteiger partial charge in [-0.3, -0.25) is 0 Å². The molecule has 1 unspecified atom stereocenters. The number of hydrogen-bond acceptors (Lipinski definition) is 2. The third-order valence-corrected chi connectivity index (χ3v) is 1.01. The van der Waals surface area contributed by atoms with E-state index in [4.69, 9.17) is 0 Å². The first-order chi connectivity index (χ1) is 5.80. The number of rotatable bonds is 0. The smallest absolute Gasteiger partial charge is 0.418 e. The van der Waals surface area contributed by atoms with E-state index in [2.05, 4.69) is 4.74 Å². The van der Waals surface area contributed by atoms with Crippen molar-refractivity contribution in [2.45, 2.75) is 6.30 Å². The Morgan fingerprint density at radius 3 is 1.86 bits per heavy atom. The first kappa shape index (κ1) is 16.3. The number of ether oxygens (including phenoxy) is 1. The zero-order valence-electron chi connectivity index (χ0n) is 6.98. The second kappa shape index (κ2) is 7.24. The van der Waals surface area contributed by atoms with Crippen LogP contribution in [-0.4, -0.2) is 38.4 Å². The molecule has 0 bridgehead atoms. The Morgan fingerprint density at radius 2 is 1.64 bits per heavy atom. The van der Waals surface area contributed by atoms with Gasteiger partial charge in [0, 0.05) is 0 Å². The summed E-state index contributed by atoms with van der Waals surface area (Å²) < 4.78 is 67.6. The van der Waals surface area contributed by atoms with E-state index in [1.807, 2.05) is 0 Å². The molecular formula is C4H10BF6NOS. The van der Waals surface area contributed by atoms with Gasteiger partial charge >= 0.3 is 7.25 Å². The number of alkyl halides is 1. The highest BCUT2D eigenvalue weighted by molar-refractivity contribution is 7.37. The van der Waals surface area contributed by atoms with Crippen LogP contribution in [0.25, 0.3) is 0 Å². The molecule has 0 spiro atoms. The van der Waals surface area contributed by atoms with E-state index >= 15 is 0 Å². The van der Waals surface area contributed by atoms with Crippen molar-refractivity contribution in [3.63, 3.8) is 0 Å². The Morgan fingerprint density at radius 1 is 1.21 bits per heavy atom. The number of nitrogens with zero attached hydrogens (tertiary/aromatic N) is 1. The van der Waals surface area contributed by atoms with E-state index in [1.165, 1.54) is 0 Å². The lowest BCUT2D eigenvalue weighted by Crippen LogP contribution is -2.36. The van der Waals surface area contributed by atoms with Crippen LogP contribution >= 0.6 is 0 Å². The second-order valence-electron chi connectivity index (χ2n) is 2.13. The molecule has 1 aliphatic rings. The van der Waals surface area contributed by atoms with Gasteiger partial charge in [0.15, 0.2) is 0 Å². The molecule has 1 rings (SSSR count). The van der Waals surface area contributed by atoms with Gasteiger partial charge in [-0.05, 0) is 0 Å². The minimum Gasteiger partial charge on any atom is -0.418 e. The van der Waals surface area contributed by atoms with Crippen LogP contribution in [0, 0.1) is 0 Å². The molecule has 14 heavy (non-hydrogen) atoms. The first-order valence-corrected chi connectivity index (χ1v) is 3.32. The summed E-state index contributed by atoms with van der Waals surface area (Å²) in [6, 6.07) is 0. The van der Waals surface area contributed by atoms with Gasteiger partial charge in [0.1, 0.15) is 0 Å². The minimum atomic E-state index is -6.00. The molecule has 0 N–H and O–H groups in total. The van der Waals surface area contributed by atoms with Crippen LogP contribution in [0.4, 0.5) is 26.1 Å². The van der Waals surface area contributed by atoms with E-state index in [0.717, 1.165) is 0 Å². The van der Waals surface area contributed by atoms with Crippen molar-refractivity contribution in [1.82, 2.24) is 5.12 Å². The lowest BCUT2D eigenvalue weighted by atomic mass is 10.3. The molecule has 1 atom stereocenters. The van der Waals surface area contributed by atoms with Crippen molar-refractivity contribution in [2.24, 2.45) is 0 Å². The van der Waals surface area contributed by atoms with E-state index in [9.17, 15) is 26.1 Å². The maximum atomic E-state index is 12.0. The van der Waals surface area contributed by atoms with E-state index in [0.29, 0.717) is 0 Å². The van der Waals surface area contributed by atoms with Crippen molar-refractivity contribution in [3.05, 3.63) is 0 Å². The Bertz CT molecular complexity index is 132. The molecule has 1 heterocycles. The average molecular weight is 245 g/mol. The summed E-state index contributed by atoms with van der Waals surface area (Å²) in [4.78, 5) is 0. The number of halogens is 6. The van der Waals surface area contributed by atoms with Crippen molar-refractivity contribution in [2.75, 3.05) is 19.8 Å². The van der Waals surface area contributed by atoms with Crippen LogP contribution in [0.3, 0.4) is 0 Å². The fraction of sp³-hybridized carbons (Fsp3) is 1.00. The van der Waals surface area contributed by atoms with Crippen LogP contribution in [0.15, 0.2) is 0 Å². The first-order valence-electron chi connectivity index (χ1n) is 3.32. The zero-order chi connectivity index (χ0) is 10.5. The molecule has 1 fully saturated rings. The largest absolute Gasteiger partial charge is 0.673 e. The zero-order valence-corrected chi connectivity index (χ0v) is 8.13. The molecule has 88 valence electrons. The highest BCUT2D eigenvalue weighted by Gasteiger charge is 2.21. The van der Waals surface area contributed by atoms with Crippen molar-refractivity contribution in [3.8, 4) is 0 Å². The quantitative estimate of drug-likeness (QED) is 0.207. The van der Waals surface area contributed by atoms with E-state index in [1.54, 1.807) is 0 Å². The summed E-state index contributed by atoms with van der Waals surface area (Å²) in [5.41, 5.74) is 0. The van der Waals surface area contributed by atoms with Gasteiger partial charge in [-0.25, -0.2) is 4.39 Å². The van der Waals surface area contributed by atoms with Gasteiger partial charge in [0.2, 0.25) is 6.30 Å². The van der Waals surface area contributed by atoms with E-state index in [-0.39, 0.29) is 38.4 Å². The SMILES string of the molecule is FC1COCCN1F.F[B-](F)(F)F.[SH3+]. The Labute approximate surface area is 83.7 Å². The normalized spacial score (nSPS) is 23.1. The molecule has 2 nitrogen and oxygen atoms in total. The van der Waals surface area contributed by atoms with Gasteiger partial charge in [0.05, 0.1) is 19.8 Å². The molecule has 0 aliphatic carbocycles. The number of morpholine rings is 1. The Hall–Kier alpha value is -0.0851. The molecule has 0 radical (unpaired) electrons. The summed E-state index contributed by atoms with van der Waals surface area (Å²) in [6.07, 6.45) is -1.55. The summed E-state index contributed by atoms with van der Waals surface area (Å²) >= 11 is 0. The number of hydrogen-bond donors (Lipinski definition) is 0. The molecule has 1 aliphatic heterocycles. The van der Waals surface area contributed by atoms with Crippen LogP contribution in [0.2, 0.25) is 0 Å². The molecular weight excluding hydrogens is 235 g/mol. The highest BCUT2D eigenvalue weighted by Crippen LogP contribution is 2.07. The topological polar surface area (TPSA) is 12.5 Å². The molecule has 0 saturated carbocycles. The Kier molecular flexibility index (Phi) is 8.45. The third kappa shape index (κ3) is 11.9. The predicted octanol–water partition coefficient (Wildman–Crippen LogP) is 0.993. The standard InChI is InChI=1S/C4H7F2NO.BF4.H2S/c5-4-3-8-2-1-7(4)6;2-1(3,4)5;/h4H,1-3H2;;1H2/q;-1;/p+1. The van der Waals surface area contributed by atoms with Crippen LogP contribution < -0.4 is 0 Å². The monoisotopic (exact) mass is 245 g/mol. The third-order valence-electron chi connectivity index (χ3n) is 1.01. The summed E-state index contributed by atoms with van der Waals surface area (Å²) in [5, 5.41) is 0.142. The fourth-order valence-electron chi connectivity index (χ4n) is 0.553. The Balaban J connectivity index is 0. The molecule has 0 aromatic carbocycles. The minimum absolute atomic E-state index is 0. The second-order valence-corrected chi connectivity index (χ2v) is 2.13. The lowest BCUT2D eigenvalue weighted by molar-refractivity contribution is -0.156. The van der Waals surface area contributed by atoms with Crippen molar-refractivity contribution in [1.29, 1.82) is 0 Å². The van der Waals surface area contributed by atoms with Crippen LogP contribution in [0.5, 0.6) is 0 Å². The lowest BCUT2D eigenvalue weighted by Gasteiger charge is -2.21. The van der Waals surface area contributed by atoms with Crippen molar-refractivity contribution < 1.29 is 30.9 Å². The molecule has 1 saturated heterocycles.